The average molecular weight is 318 g/mol. The number of nitrogens with zero attached hydrogens (tertiary/aromatic N) is 1. The lowest BCUT2D eigenvalue weighted by Crippen LogP contribution is -2.50. The van der Waals surface area contributed by atoms with E-state index in [2.05, 4.69) is 39.1 Å². The first-order valence-corrected chi connectivity index (χ1v) is 8.67. The number of urea groups is 1. The van der Waals surface area contributed by atoms with Gasteiger partial charge in [-0.3, -0.25) is 0 Å². The molecular weight excluding hydrogens is 288 g/mol. The highest BCUT2D eigenvalue weighted by molar-refractivity contribution is 5.74. The zero-order chi connectivity index (χ0) is 17.0. The monoisotopic (exact) mass is 318 g/mol. The molecule has 4 nitrogen and oxygen atoms in total. The van der Waals surface area contributed by atoms with Crippen molar-refractivity contribution in [2.45, 2.75) is 53.2 Å². The van der Waals surface area contributed by atoms with Gasteiger partial charge in [0.25, 0.3) is 0 Å². The Morgan fingerprint density at radius 1 is 1.17 bits per heavy atom. The molecule has 1 aliphatic heterocycles. The Labute approximate surface area is 140 Å². The van der Waals surface area contributed by atoms with Crippen LogP contribution < -0.4 is 10.1 Å². The van der Waals surface area contributed by atoms with E-state index in [0.29, 0.717) is 17.8 Å². The van der Waals surface area contributed by atoms with Crippen molar-refractivity contribution >= 4 is 6.03 Å². The van der Waals surface area contributed by atoms with Gasteiger partial charge in [-0.2, -0.15) is 0 Å². The topological polar surface area (TPSA) is 41.6 Å². The van der Waals surface area contributed by atoms with Crippen LogP contribution in [0.3, 0.4) is 0 Å². The number of rotatable bonds is 4. The van der Waals surface area contributed by atoms with Gasteiger partial charge in [-0.1, -0.05) is 45.9 Å². The number of benzene rings is 1. The van der Waals surface area contributed by atoms with E-state index in [-0.39, 0.29) is 12.3 Å². The zero-order valence-corrected chi connectivity index (χ0v) is 15.0. The number of carbonyl (C=O) groups excluding carboxylic acids is 1. The summed E-state index contributed by atoms with van der Waals surface area (Å²) in [7, 11) is 0. The van der Waals surface area contributed by atoms with Crippen LogP contribution in [0, 0.1) is 11.8 Å². The lowest BCUT2D eigenvalue weighted by Gasteiger charge is -2.35. The molecule has 0 saturated carbocycles. The first-order chi connectivity index (χ1) is 10.9. The van der Waals surface area contributed by atoms with Crippen molar-refractivity contribution in [3.05, 3.63) is 29.8 Å². The van der Waals surface area contributed by atoms with Crippen LogP contribution in [0.5, 0.6) is 5.75 Å². The predicted octanol–water partition coefficient (Wildman–Crippen LogP) is 4.22. The normalized spacial score (nSPS) is 22.8. The number of carbonyl (C=O) groups is 1. The van der Waals surface area contributed by atoms with Gasteiger partial charge in [0, 0.05) is 13.1 Å². The van der Waals surface area contributed by atoms with Crippen molar-refractivity contribution in [2.24, 2.45) is 11.8 Å². The highest BCUT2D eigenvalue weighted by Crippen LogP contribution is 2.26. The van der Waals surface area contributed by atoms with Gasteiger partial charge in [-0.05, 0) is 42.7 Å². The van der Waals surface area contributed by atoms with Crippen LogP contribution in [0.15, 0.2) is 24.3 Å². The van der Waals surface area contributed by atoms with E-state index in [1.54, 1.807) is 0 Å². The molecule has 1 saturated heterocycles. The lowest BCUT2D eigenvalue weighted by molar-refractivity contribution is 0.123. The molecule has 0 aliphatic carbocycles. The van der Waals surface area contributed by atoms with Crippen molar-refractivity contribution in [1.29, 1.82) is 0 Å². The molecule has 3 atom stereocenters. The maximum atomic E-state index is 12.4. The van der Waals surface area contributed by atoms with Crippen molar-refractivity contribution in [3.63, 3.8) is 0 Å². The molecule has 1 fully saturated rings. The highest BCUT2D eigenvalue weighted by atomic mass is 16.5. The van der Waals surface area contributed by atoms with Crippen molar-refractivity contribution < 1.29 is 9.53 Å². The average Bonchev–Trinajstić information content (AvgIpc) is 2.46. The Morgan fingerprint density at radius 2 is 1.78 bits per heavy atom. The van der Waals surface area contributed by atoms with Crippen molar-refractivity contribution in [1.82, 2.24) is 10.2 Å². The molecule has 128 valence electrons. The van der Waals surface area contributed by atoms with Gasteiger partial charge in [-0.25, -0.2) is 4.79 Å². The number of nitrogens with one attached hydrogen (secondary N) is 1. The summed E-state index contributed by atoms with van der Waals surface area (Å²) in [4.78, 5) is 14.4. The molecule has 0 aromatic heterocycles. The van der Waals surface area contributed by atoms with Gasteiger partial charge in [-0.15, -0.1) is 0 Å². The number of hydrogen-bond acceptors (Lipinski definition) is 2. The molecule has 1 N–H and O–H groups in total. The summed E-state index contributed by atoms with van der Waals surface area (Å²) in [6, 6.07) is 7.98. The van der Waals surface area contributed by atoms with Gasteiger partial charge >= 0.3 is 6.03 Å². The molecule has 23 heavy (non-hydrogen) atoms. The Kier molecular flexibility index (Phi) is 5.91. The van der Waals surface area contributed by atoms with Crippen LogP contribution in [0.2, 0.25) is 0 Å². The van der Waals surface area contributed by atoms with E-state index >= 15 is 0 Å². The van der Waals surface area contributed by atoms with Gasteiger partial charge in [0.15, 0.2) is 6.23 Å². The van der Waals surface area contributed by atoms with Crippen molar-refractivity contribution in [3.8, 4) is 5.75 Å². The Balaban J connectivity index is 1.94. The third kappa shape index (κ3) is 4.88. The molecule has 2 rings (SSSR count). The molecule has 1 heterocycles. The van der Waals surface area contributed by atoms with Crippen LogP contribution >= 0.6 is 0 Å². The minimum atomic E-state index is -0.352. The number of hydrogen-bond donors (Lipinski definition) is 1. The Hall–Kier alpha value is -1.71. The molecule has 4 heteroatoms. The third-order valence-corrected chi connectivity index (χ3v) is 4.33. The molecule has 0 bridgehead atoms. The summed E-state index contributed by atoms with van der Waals surface area (Å²) >= 11 is 0. The first kappa shape index (κ1) is 17.6. The molecule has 0 radical (unpaired) electrons. The highest BCUT2D eigenvalue weighted by Gasteiger charge is 2.26. The molecule has 0 spiro atoms. The van der Waals surface area contributed by atoms with Crippen LogP contribution in [-0.4, -0.2) is 30.2 Å². The van der Waals surface area contributed by atoms with Crippen LogP contribution in [0.1, 0.15) is 52.5 Å². The largest absolute Gasteiger partial charge is 0.471 e. The second-order valence-corrected chi connectivity index (χ2v) is 7.25. The predicted molar refractivity (Wildman–Crippen MR) is 93.7 cm³/mol. The Morgan fingerprint density at radius 3 is 2.39 bits per heavy atom. The maximum Gasteiger partial charge on any atom is 0.320 e. The van der Waals surface area contributed by atoms with E-state index in [1.807, 2.05) is 30.0 Å². The molecule has 2 amide bonds. The van der Waals surface area contributed by atoms with Gasteiger partial charge in [0.2, 0.25) is 0 Å². The second kappa shape index (κ2) is 7.71. The summed E-state index contributed by atoms with van der Waals surface area (Å²) < 4.78 is 5.96. The van der Waals surface area contributed by atoms with E-state index in [0.717, 1.165) is 24.4 Å². The zero-order valence-electron chi connectivity index (χ0n) is 15.0. The molecule has 1 aromatic carbocycles. The summed E-state index contributed by atoms with van der Waals surface area (Å²) in [6.07, 6.45) is 0.840. The van der Waals surface area contributed by atoms with E-state index in [9.17, 15) is 4.79 Å². The van der Waals surface area contributed by atoms with Crippen LogP contribution in [0.25, 0.3) is 0 Å². The minimum Gasteiger partial charge on any atom is -0.471 e. The van der Waals surface area contributed by atoms with E-state index in [1.165, 1.54) is 6.42 Å². The molecule has 3 unspecified atom stereocenters. The lowest BCUT2D eigenvalue weighted by atomic mass is 9.92. The van der Waals surface area contributed by atoms with Crippen molar-refractivity contribution in [2.75, 3.05) is 13.1 Å². The molecule has 1 aliphatic rings. The van der Waals surface area contributed by atoms with Gasteiger partial charge < -0.3 is 15.0 Å². The maximum absolute atomic E-state index is 12.4. The summed E-state index contributed by atoms with van der Waals surface area (Å²) in [5.74, 6) is 2.35. The summed E-state index contributed by atoms with van der Waals surface area (Å²) in [5, 5.41) is 2.97. The Bertz CT molecular complexity index is 520. The van der Waals surface area contributed by atoms with Gasteiger partial charge in [0.05, 0.1) is 0 Å². The second-order valence-electron chi connectivity index (χ2n) is 7.25. The molecular formula is C19H30N2O2. The fraction of sp³-hybridized carbons (Fsp3) is 0.632. The fourth-order valence-corrected chi connectivity index (χ4v) is 3.38. The number of piperidine rings is 1. The van der Waals surface area contributed by atoms with E-state index < -0.39 is 0 Å². The number of amides is 2. The third-order valence-electron chi connectivity index (χ3n) is 4.33. The first-order valence-electron chi connectivity index (χ1n) is 8.67. The standard InChI is InChI=1S/C19H30N2O2/c1-13(2)17-8-6-7-9-18(17)23-16(5)20-19(22)21-11-14(3)10-15(4)12-21/h6-9,13-16H,10-12H2,1-5H3,(H,20,22). The smallest absolute Gasteiger partial charge is 0.320 e. The van der Waals surface area contributed by atoms with Gasteiger partial charge in [0.1, 0.15) is 5.75 Å². The van der Waals surface area contributed by atoms with Crippen LogP contribution in [-0.2, 0) is 0 Å². The summed E-state index contributed by atoms with van der Waals surface area (Å²) in [6.45, 7) is 12.2. The van der Waals surface area contributed by atoms with E-state index in [4.69, 9.17) is 4.74 Å². The minimum absolute atomic E-state index is 0.0297. The number of para-hydroxylation sites is 1. The van der Waals surface area contributed by atoms with Crippen LogP contribution in [0.4, 0.5) is 4.79 Å². The summed E-state index contributed by atoms with van der Waals surface area (Å²) in [5.41, 5.74) is 1.16. The SMILES string of the molecule is CC1CC(C)CN(C(=O)NC(C)Oc2ccccc2C(C)C)C1. The molecule has 1 aromatic rings. The number of likely N-dealkylation sites (tertiary alicyclic amines) is 1. The quantitative estimate of drug-likeness (QED) is 0.844. The number of ether oxygens (including phenoxy) is 1. The fourth-order valence-electron chi connectivity index (χ4n) is 3.38.